The molecule has 0 aliphatic carbocycles. The minimum Gasteiger partial charge on any atom is -0.384 e. The quantitative estimate of drug-likeness (QED) is 0.349. The fourth-order valence-corrected chi connectivity index (χ4v) is 3.33. The van der Waals surface area contributed by atoms with Gasteiger partial charge in [0.1, 0.15) is 0 Å². The number of hydrogen-bond acceptors (Lipinski definition) is 2. The molecule has 1 atom stereocenters. The van der Waals surface area contributed by atoms with Crippen LogP contribution < -0.4 is 5.32 Å². The highest BCUT2D eigenvalue weighted by Gasteiger charge is 2.09. The summed E-state index contributed by atoms with van der Waals surface area (Å²) in [7, 11) is 0. The van der Waals surface area contributed by atoms with Gasteiger partial charge in [0.15, 0.2) is 0 Å². The average molecular weight is 399 g/mol. The highest BCUT2D eigenvalue weighted by molar-refractivity contribution is 6.20. The van der Waals surface area contributed by atoms with E-state index in [9.17, 15) is 0 Å². The Morgan fingerprint density at radius 2 is 1.21 bits per heavy atom. The van der Waals surface area contributed by atoms with E-state index < -0.39 is 0 Å². The number of nitrogens with one attached hydrogen (secondary N) is 1. The molecular weight excluding hydrogens is 376 g/mol. The molecule has 0 amide bonds. The summed E-state index contributed by atoms with van der Waals surface area (Å²) in [5.74, 6) is 0. The Kier molecular flexibility index (Phi) is 5.92. The molecule has 3 heteroatoms. The predicted octanol–water partition coefficient (Wildman–Crippen LogP) is 7.12. The molecule has 4 aromatic rings. The highest BCUT2D eigenvalue weighted by Crippen LogP contribution is 2.30. The second-order valence-electron chi connectivity index (χ2n) is 7.10. The lowest BCUT2D eigenvalue weighted by molar-refractivity contribution is 0.989. The van der Waals surface area contributed by atoms with E-state index in [1.807, 2.05) is 43.3 Å². The number of rotatable bonds is 6. The Morgan fingerprint density at radius 3 is 1.69 bits per heavy atom. The largest absolute Gasteiger partial charge is 0.384 e. The fraction of sp³-hybridized carbons (Fsp3) is 0.115. The number of halogens is 1. The third kappa shape index (κ3) is 4.85. The van der Waals surface area contributed by atoms with Crippen LogP contribution in [-0.2, 0) is 0 Å². The second kappa shape index (κ2) is 8.93. The zero-order chi connectivity index (χ0) is 20.1. The number of pyridine rings is 1. The summed E-state index contributed by atoms with van der Waals surface area (Å²) in [6.45, 7) is 2.72. The van der Waals surface area contributed by atoms with Crippen LogP contribution in [0.25, 0.3) is 33.6 Å². The lowest BCUT2D eigenvalue weighted by atomic mass is 10.00. The topological polar surface area (TPSA) is 24.9 Å². The smallest absolute Gasteiger partial charge is 0.0715 e. The molecule has 0 bridgehead atoms. The summed E-state index contributed by atoms with van der Waals surface area (Å²) < 4.78 is 0. The Bertz CT molecular complexity index is 1000. The van der Waals surface area contributed by atoms with Gasteiger partial charge in [-0.15, -0.1) is 11.6 Å². The lowest BCUT2D eigenvalue weighted by Gasteiger charge is -2.12. The minimum atomic E-state index is 0.0942. The van der Waals surface area contributed by atoms with Gasteiger partial charge >= 0.3 is 0 Å². The van der Waals surface area contributed by atoms with Gasteiger partial charge in [0, 0.05) is 28.7 Å². The molecule has 0 fully saturated rings. The number of benzene rings is 3. The third-order valence-electron chi connectivity index (χ3n) is 4.77. The van der Waals surface area contributed by atoms with Crippen molar-refractivity contribution < 1.29 is 0 Å². The van der Waals surface area contributed by atoms with Crippen LogP contribution in [0.2, 0.25) is 0 Å². The van der Waals surface area contributed by atoms with Gasteiger partial charge in [-0.1, -0.05) is 72.8 Å². The first-order chi connectivity index (χ1) is 14.2. The van der Waals surface area contributed by atoms with E-state index in [4.69, 9.17) is 16.6 Å². The molecule has 0 radical (unpaired) electrons. The van der Waals surface area contributed by atoms with Crippen LogP contribution in [0.5, 0.6) is 0 Å². The van der Waals surface area contributed by atoms with Crippen molar-refractivity contribution in [1.29, 1.82) is 0 Å². The van der Waals surface area contributed by atoms with Gasteiger partial charge < -0.3 is 5.32 Å². The maximum Gasteiger partial charge on any atom is 0.0715 e. The van der Waals surface area contributed by atoms with E-state index in [-0.39, 0.29) is 5.38 Å². The Labute approximate surface area is 177 Å². The molecule has 0 aliphatic heterocycles. The number of alkyl halides is 1. The van der Waals surface area contributed by atoms with Gasteiger partial charge in [-0.2, -0.15) is 0 Å². The molecule has 0 aliphatic rings. The number of nitrogens with zero attached hydrogens (tertiary/aromatic N) is 1. The Hall–Kier alpha value is -3.10. The van der Waals surface area contributed by atoms with Crippen molar-refractivity contribution in [3.05, 3.63) is 97.1 Å². The molecular formula is C26H23ClN2. The van der Waals surface area contributed by atoms with Crippen LogP contribution in [0.1, 0.15) is 6.92 Å². The van der Waals surface area contributed by atoms with E-state index in [2.05, 4.69) is 66.0 Å². The summed E-state index contributed by atoms with van der Waals surface area (Å²) in [5.41, 5.74) is 7.55. The molecule has 29 heavy (non-hydrogen) atoms. The van der Waals surface area contributed by atoms with Crippen LogP contribution in [0.15, 0.2) is 97.1 Å². The zero-order valence-electron chi connectivity index (χ0n) is 16.3. The molecule has 0 saturated carbocycles. The molecule has 1 unspecified atom stereocenters. The lowest BCUT2D eigenvalue weighted by Crippen LogP contribution is -2.10. The summed E-state index contributed by atoms with van der Waals surface area (Å²) in [4.78, 5) is 4.94. The van der Waals surface area contributed by atoms with E-state index in [1.165, 1.54) is 0 Å². The van der Waals surface area contributed by atoms with E-state index in [0.717, 1.165) is 45.9 Å². The first-order valence-electron chi connectivity index (χ1n) is 9.80. The van der Waals surface area contributed by atoms with Crippen molar-refractivity contribution in [3.8, 4) is 33.6 Å². The van der Waals surface area contributed by atoms with Crippen LogP contribution in [0.4, 0.5) is 5.69 Å². The molecule has 4 rings (SSSR count). The minimum absolute atomic E-state index is 0.0942. The Balaban J connectivity index is 1.74. The SMILES string of the molecule is CC(Cl)CNc1ccc(-c2cc(-c3ccccc3)nc(-c3ccccc3)c2)cc1. The Morgan fingerprint density at radius 1 is 0.690 bits per heavy atom. The van der Waals surface area contributed by atoms with Crippen LogP contribution in [0.3, 0.4) is 0 Å². The van der Waals surface area contributed by atoms with E-state index >= 15 is 0 Å². The van der Waals surface area contributed by atoms with Crippen molar-refractivity contribution in [1.82, 2.24) is 4.98 Å². The van der Waals surface area contributed by atoms with Crippen LogP contribution in [0, 0.1) is 0 Å². The summed E-state index contributed by atoms with van der Waals surface area (Å²) in [6, 6.07) is 33.4. The maximum atomic E-state index is 6.04. The molecule has 144 valence electrons. The molecule has 1 heterocycles. The van der Waals surface area contributed by atoms with Crippen molar-refractivity contribution in [2.45, 2.75) is 12.3 Å². The predicted molar refractivity (Wildman–Crippen MR) is 124 cm³/mol. The molecule has 0 spiro atoms. The number of aromatic nitrogens is 1. The van der Waals surface area contributed by atoms with Gasteiger partial charge in [0.25, 0.3) is 0 Å². The van der Waals surface area contributed by atoms with E-state index in [1.54, 1.807) is 0 Å². The maximum absolute atomic E-state index is 6.04. The van der Waals surface area contributed by atoms with Crippen molar-refractivity contribution in [2.75, 3.05) is 11.9 Å². The van der Waals surface area contributed by atoms with Crippen LogP contribution in [-0.4, -0.2) is 16.9 Å². The zero-order valence-corrected chi connectivity index (χ0v) is 17.1. The molecule has 1 N–H and O–H groups in total. The van der Waals surface area contributed by atoms with Gasteiger partial charge in [0.2, 0.25) is 0 Å². The summed E-state index contributed by atoms with van der Waals surface area (Å²) >= 11 is 6.04. The second-order valence-corrected chi connectivity index (χ2v) is 7.84. The fourth-order valence-electron chi connectivity index (χ4n) is 3.25. The third-order valence-corrected chi connectivity index (χ3v) is 4.92. The first kappa shape index (κ1) is 19.2. The van der Waals surface area contributed by atoms with Crippen molar-refractivity contribution >= 4 is 17.3 Å². The van der Waals surface area contributed by atoms with Crippen LogP contribution >= 0.6 is 11.6 Å². The number of anilines is 1. The first-order valence-corrected chi connectivity index (χ1v) is 10.2. The molecule has 1 aromatic heterocycles. The van der Waals surface area contributed by atoms with Crippen molar-refractivity contribution in [3.63, 3.8) is 0 Å². The monoisotopic (exact) mass is 398 g/mol. The molecule has 0 saturated heterocycles. The summed E-state index contributed by atoms with van der Waals surface area (Å²) in [6.07, 6.45) is 0. The molecule has 3 aromatic carbocycles. The van der Waals surface area contributed by atoms with Gasteiger partial charge in [0.05, 0.1) is 11.4 Å². The van der Waals surface area contributed by atoms with Gasteiger partial charge in [-0.05, 0) is 42.3 Å². The van der Waals surface area contributed by atoms with Gasteiger partial charge in [-0.3, -0.25) is 0 Å². The molecule has 2 nitrogen and oxygen atoms in total. The standard InChI is InChI=1S/C26H23ClN2/c1-19(27)18-28-24-14-12-20(13-15-24)23-16-25(21-8-4-2-5-9-21)29-26(17-23)22-10-6-3-7-11-22/h2-17,19,28H,18H2,1H3. The highest BCUT2D eigenvalue weighted by atomic mass is 35.5. The van der Waals surface area contributed by atoms with E-state index in [0.29, 0.717) is 0 Å². The number of hydrogen-bond donors (Lipinski definition) is 1. The summed E-state index contributed by atoms with van der Waals surface area (Å²) in [5, 5.41) is 3.45. The average Bonchev–Trinajstić information content (AvgIpc) is 2.79. The van der Waals surface area contributed by atoms with Gasteiger partial charge in [-0.25, -0.2) is 4.98 Å². The van der Waals surface area contributed by atoms with Crippen molar-refractivity contribution in [2.24, 2.45) is 0 Å². The normalized spacial score (nSPS) is 11.8.